The number of nitrogens with one attached hydrogen (secondary N) is 1. The first-order chi connectivity index (χ1) is 12.5. The average molecular weight is 364 g/mol. The third-order valence-electron chi connectivity index (χ3n) is 6.39. The van der Waals surface area contributed by atoms with E-state index in [4.69, 9.17) is 4.74 Å². The van der Waals surface area contributed by atoms with Gasteiger partial charge in [0.25, 0.3) is 5.91 Å². The van der Waals surface area contributed by atoms with Crippen LogP contribution in [0.25, 0.3) is 0 Å². The standard InChI is InChI=1S/C20H33N3O3/c1-4-22-12-8-20(9-13-22)17(16(3)19(25)26-20)18(24)21-10-14-23-11-6-5-7-15(23)2/h15H,4-14H2,1-3H3,(H,21,24). The Kier molecular flexibility index (Phi) is 6.03. The Hall–Kier alpha value is -1.40. The van der Waals surface area contributed by atoms with Crippen LogP contribution in [0.4, 0.5) is 0 Å². The zero-order valence-corrected chi connectivity index (χ0v) is 16.5. The Labute approximate surface area is 156 Å². The second-order valence-electron chi connectivity index (χ2n) is 7.95. The van der Waals surface area contributed by atoms with Crippen LogP contribution >= 0.6 is 0 Å². The molecule has 1 spiro atoms. The molecule has 2 fully saturated rings. The molecule has 6 heteroatoms. The summed E-state index contributed by atoms with van der Waals surface area (Å²) in [5.74, 6) is -0.451. The van der Waals surface area contributed by atoms with E-state index in [-0.39, 0.29) is 11.9 Å². The predicted octanol–water partition coefficient (Wildman–Crippen LogP) is 1.70. The number of likely N-dealkylation sites (tertiary alicyclic amines) is 2. The quantitative estimate of drug-likeness (QED) is 0.754. The van der Waals surface area contributed by atoms with Crippen molar-refractivity contribution in [3.63, 3.8) is 0 Å². The summed E-state index contributed by atoms with van der Waals surface area (Å²) < 4.78 is 5.73. The summed E-state index contributed by atoms with van der Waals surface area (Å²) in [6.45, 7) is 11.4. The first-order valence-corrected chi connectivity index (χ1v) is 10.2. The third-order valence-corrected chi connectivity index (χ3v) is 6.39. The highest BCUT2D eigenvalue weighted by atomic mass is 16.6. The highest BCUT2D eigenvalue weighted by Crippen LogP contribution is 2.40. The molecule has 6 nitrogen and oxygen atoms in total. The van der Waals surface area contributed by atoms with Crippen molar-refractivity contribution in [1.82, 2.24) is 15.1 Å². The highest BCUT2D eigenvalue weighted by molar-refractivity contribution is 6.07. The Balaban J connectivity index is 1.61. The van der Waals surface area contributed by atoms with Gasteiger partial charge in [-0.25, -0.2) is 4.79 Å². The molecule has 1 atom stereocenters. The molecular weight excluding hydrogens is 330 g/mol. The minimum Gasteiger partial charge on any atom is -0.450 e. The van der Waals surface area contributed by atoms with Gasteiger partial charge in [0.2, 0.25) is 0 Å². The summed E-state index contributed by atoms with van der Waals surface area (Å²) in [4.78, 5) is 29.9. The van der Waals surface area contributed by atoms with Crippen LogP contribution in [-0.4, -0.2) is 72.6 Å². The van der Waals surface area contributed by atoms with Crippen molar-refractivity contribution in [1.29, 1.82) is 0 Å². The average Bonchev–Trinajstić information content (AvgIpc) is 2.87. The number of esters is 1. The lowest BCUT2D eigenvalue weighted by Gasteiger charge is -2.39. The number of nitrogens with zero attached hydrogens (tertiary/aromatic N) is 2. The maximum atomic E-state index is 12.9. The van der Waals surface area contributed by atoms with E-state index in [1.165, 1.54) is 19.3 Å². The smallest absolute Gasteiger partial charge is 0.335 e. The molecule has 0 aromatic rings. The summed E-state index contributed by atoms with van der Waals surface area (Å²) >= 11 is 0. The Morgan fingerprint density at radius 2 is 2.00 bits per heavy atom. The fraction of sp³-hybridized carbons (Fsp3) is 0.800. The topological polar surface area (TPSA) is 61.9 Å². The van der Waals surface area contributed by atoms with Gasteiger partial charge >= 0.3 is 5.97 Å². The first-order valence-electron chi connectivity index (χ1n) is 10.2. The van der Waals surface area contributed by atoms with Crippen LogP contribution in [0.2, 0.25) is 0 Å². The highest BCUT2D eigenvalue weighted by Gasteiger charge is 2.50. The normalized spacial score (nSPS) is 27.0. The van der Waals surface area contributed by atoms with Crippen molar-refractivity contribution in [3.05, 3.63) is 11.1 Å². The van der Waals surface area contributed by atoms with Gasteiger partial charge in [-0.3, -0.25) is 9.69 Å². The van der Waals surface area contributed by atoms with Gasteiger partial charge in [-0.15, -0.1) is 0 Å². The summed E-state index contributed by atoms with van der Waals surface area (Å²) in [5.41, 5.74) is 0.346. The SMILES string of the molecule is CCN1CCC2(CC1)OC(=O)C(C)=C2C(=O)NCCN1CCCCC1C. The summed E-state index contributed by atoms with van der Waals surface area (Å²) in [6, 6.07) is 0.586. The predicted molar refractivity (Wildman–Crippen MR) is 101 cm³/mol. The number of ether oxygens (including phenoxy) is 1. The Bertz CT molecular complexity index is 579. The van der Waals surface area contributed by atoms with Crippen LogP contribution in [0.5, 0.6) is 0 Å². The van der Waals surface area contributed by atoms with Crippen LogP contribution in [0.15, 0.2) is 11.1 Å². The van der Waals surface area contributed by atoms with Crippen LogP contribution in [-0.2, 0) is 14.3 Å². The van der Waals surface area contributed by atoms with E-state index in [0.29, 0.717) is 36.6 Å². The van der Waals surface area contributed by atoms with Gasteiger partial charge < -0.3 is 15.0 Å². The molecule has 0 bridgehead atoms. The van der Waals surface area contributed by atoms with E-state index in [0.717, 1.165) is 32.7 Å². The largest absolute Gasteiger partial charge is 0.450 e. The number of amides is 1. The maximum Gasteiger partial charge on any atom is 0.335 e. The first kappa shape index (κ1) is 19.4. The molecule has 0 aromatic carbocycles. The van der Waals surface area contributed by atoms with Gasteiger partial charge in [-0.05, 0) is 39.8 Å². The van der Waals surface area contributed by atoms with E-state index in [1.807, 2.05) is 0 Å². The molecule has 3 aliphatic heterocycles. The minimum atomic E-state index is -0.713. The van der Waals surface area contributed by atoms with Crippen molar-refractivity contribution < 1.29 is 14.3 Å². The maximum absolute atomic E-state index is 12.9. The fourth-order valence-electron chi connectivity index (χ4n) is 4.60. The second kappa shape index (κ2) is 8.09. The molecule has 26 heavy (non-hydrogen) atoms. The van der Waals surface area contributed by atoms with Crippen molar-refractivity contribution in [2.45, 2.75) is 64.5 Å². The van der Waals surface area contributed by atoms with Gasteiger partial charge in [0.1, 0.15) is 5.60 Å². The van der Waals surface area contributed by atoms with Gasteiger partial charge in [0, 0.05) is 50.6 Å². The van der Waals surface area contributed by atoms with Crippen LogP contribution in [0.3, 0.4) is 0 Å². The lowest BCUT2D eigenvalue weighted by Crippen LogP contribution is -2.49. The molecule has 3 rings (SSSR count). The summed E-state index contributed by atoms with van der Waals surface area (Å²) in [6.07, 6.45) is 5.18. The number of carbonyl (C=O) groups is 2. The lowest BCUT2D eigenvalue weighted by atomic mass is 9.82. The molecule has 146 valence electrons. The zero-order chi connectivity index (χ0) is 18.7. The lowest BCUT2D eigenvalue weighted by molar-refractivity contribution is -0.150. The van der Waals surface area contributed by atoms with Gasteiger partial charge in [-0.1, -0.05) is 13.3 Å². The van der Waals surface area contributed by atoms with E-state index in [1.54, 1.807) is 6.92 Å². The Morgan fingerprint density at radius 3 is 2.65 bits per heavy atom. The number of hydrogen-bond donors (Lipinski definition) is 1. The second-order valence-corrected chi connectivity index (χ2v) is 7.95. The van der Waals surface area contributed by atoms with E-state index < -0.39 is 5.60 Å². The summed E-state index contributed by atoms with van der Waals surface area (Å²) in [7, 11) is 0. The molecular formula is C20H33N3O3. The number of rotatable bonds is 5. The van der Waals surface area contributed by atoms with Crippen LogP contribution < -0.4 is 5.32 Å². The fourth-order valence-corrected chi connectivity index (χ4v) is 4.60. The molecule has 1 N–H and O–H groups in total. The monoisotopic (exact) mass is 363 g/mol. The molecule has 0 aromatic heterocycles. The van der Waals surface area contributed by atoms with Crippen molar-refractivity contribution in [2.24, 2.45) is 0 Å². The van der Waals surface area contributed by atoms with Crippen LogP contribution in [0, 0.1) is 0 Å². The Morgan fingerprint density at radius 1 is 1.27 bits per heavy atom. The number of piperidine rings is 2. The van der Waals surface area contributed by atoms with E-state index >= 15 is 0 Å². The van der Waals surface area contributed by atoms with E-state index in [9.17, 15) is 9.59 Å². The van der Waals surface area contributed by atoms with Crippen molar-refractivity contribution >= 4 is 11.9 Å². The third kappa shape index (κ3) is 3.81. The molecule has 2 saturated heterocycles. The molecule has 3 aliphatic rings. The molecule has 3 heterocycles. The zero-order valence-electron chi connectivity index (χ0n) is 16.5. The van der Waals surface area contributed by atoms with Crippen LogP contribution in [0.1, 0.15) is 52.9 Å². The van der Waals surface area contributed by atoms with Crippen molar-refractivity contribution in [3.8, 4) is 0 Å². The van der Waals surface area contributed by atoms with E-state index in [2.05, 4.69) is 29.0 Å². The molecule has 1 amide bonds. The molecule has 0 aliphatic carbocycles. The number of hydrogen-bond acceptors (Lipinski definition) is 5. The van der Waals surface area contributed by atoms with Gasteiger partial charge in [0.05, 0.1) is 5.57 Å². The van der Waals surface area contributed by atoms with Crippen molar-refractivity contribution in [2.75, 3.05) is 39.3 Å². The molecule has 1 unspecified atom stereocenters. The van der Waals surface area contributed by atoms with Gasteiger partial charge in [0.15, 0.2) is 0 Å². The molecule has 0 saturated carbocycles. The molecule has 0 radical (unpaired) electrons. The minimum absolute atomic E-state index is 0.122. The summed E-state index contributed by atoms with van der Waals surface area (Å²) in [5, 5.41) is 3.06. The number of carbonyl (C=O) groups excluding carboxylic acids is 2. The van der Waals surface area contributed by atoms with Gasteiger partial charge in [-0.2, -0.15) is 0 Å².